The summed E-state index contributed by atoms with van der Waals surface area (Å²) in [5, 5.41) is 31.2. The van der Waals surface area contributed by atoms with Crippen molar-refractivity contribution in [3.05, 3.63) is 12.3 Å². The number of carbonyl (C=O) groups excluding carboxylic acids is 2. The molecule has 5 atom stereocenters. The molecule has 10 nitrogen and oxygen atoms in total. The molecule has 0 aromatic carbocycles. The smallest absolute Gasteiger partial charge is 0.351 e. The fourth-order valence-electron chi connectivity index (χ4n) is 3.23. The number of amides is 2. The lowest BCUT2D eigenvalue weighted by molar-refractivity contribution is -0.154. The summed E-state index contributed by atoms with van der Waals surface area (Å²) in [4.78, 5) is 25.6. The zero-order valence-electron chi connectivity index (χ0n) is 13.6. The Labute approximate surface area is 144 Å². The lowest BCUT2D eigenvalue weighted by Gasteiger charge is -2.36. The van der Waals surface area contributed by atoms with E-state index in [9.17, 15) is 19.8 Å². The van der Waals surface area contributed by atoms with E-state index in [1.54, 1.807) is 0 Å². The number of rotatable bonds is 4. The summed E-state index contributed by atoms with van der Waals surface area (Å²) in [6.07, 6.45) is 0.774. The van der Waals surface area contributed by atoms with Gasteiger partial charge in [0.25, 0.3) is 0 Å². The van der Waals surface area contributed by atoms with Gasteiger partial charge in [-0.15, -0.1) is 0 Å². The van der Waals surface area contributed by atoms with Crippen molar-refractivity contribution in [1.29, 1.82) is 0 Å². The number of nitrogens with zero attached hydrogens (tertiary/aromatic N) is 1. The minimum absolute atomic E-state index is 0.197. The van der Waals surface area contributed by atoms with Crippen LogP contribution in [0.5, 0.6) is 0 Å². The van der Waals surface area contributed by atoms with Crippen molar-refractivity contribution in [2.24, 2.45) is 5.73 Å². The van der Waals surface area contributed by atoms with E-state index in [0.717, 1.165) is 30.6 Å². The van der Waals surface area contributed by atoms with E-state index in [0.29, 0.717) is 0 Å². The van der Waals surface area contributed by atoms with Crippen molar-refractivity contribution in [3.63, 3.8) is 0 Å². The van der Waals surface area contributed by atoms with E-state index < -0.39 is 48.8 Å². The van der Waals surface area contributed by atoms with Crippen LogP contribution in [0.3, 0.4) is 0 Å². The van der Waals surface area contributed by atoms with E-state index in [1.807, 2.05) is 0 Å². The van der Waals surface area contributed by atoms with Gasteiger partial charge < -0.3 is 30.1 Å². The SMILES string of the molecule is NC1(C(=O)OC2CCCC2)C=CN([C@@H]2O[C@H](CO)[C@@H](O)[C@H]2O)C(=O)N1. The molecule has 0 aromatic rings. The van der Waals surface area contributed by atoms with Crippen LogP contribution in [0, 0.1) is 0 Å². The van der Waals surface area contributed by atoms with E-state index in [2.05, 4.69) is 5.32 Å². The Morgan fingerprint density at radius 3 is 2.64 bits per heavy atom. The lowest BCUT2D eigenvalue weighted by Crippen LogP contribution is -2.67. The predicted molar refractivity (Wildman–Crippen MR) is 82.5 cm³/mol. The summed E-state index contributed by atoms with van der Waals surface area (Å²) in [6, 6.07) is -0.789. The Morgan fingerprint density at radius 2 is 2.08 bits per heavy atom. The largest absolute Gasteiger partial charge is 0.459 e. The average molecular weight is 357 g/mol. The van der Waals surface area contributed by atoms with Crippen molar-refractivity contribution < 1.29 is 34.4 Å². The molecule has 25 heavy (non-hydrogen) atoms. The van der Waals surface area contributed by atoms with Crippen molar-refractivity contribution in [3.8, 4) is 0 Å². The molecule has 140 valence electrons. The minimum Gasteiger partial charge on any atom is -0.459 e. The highest BCUT2D eigenvalue weighted by molar-refractivity contribution is 5.90. The van der Waals surface area contributed by atoms with Crippen LogP contribution in [0.2, 0.25) is 0 Å². The second-order valence-corrected chi connectivity index (χ2v) is 6.56. The number of esters is 1. The zero-order chi connectivity index (χ0) is 18.2. The van der Waals surface area contributed by atoms with Crippen LogP contribution >= 0.6 is 0 Å². The molecule has 2 aliphatic heterocycles. The quantitative estimate of drug-likeness (QED) is 0.366. The molecule has 2 heterocycles. The molecule has 1 unspecified atom stereocenters. The van der Waals surface area contributed by atoms with Crippen molar-refractivity contribution in [2.75, 3.05) is 6.61 Å². The zero-order valence-corrected chi connectivity index (χ0v) is 13.6. The number of carbonyl (C=O) groups is 2. The maximum atomic E-state index is 12.3. The highest BCUT2D eigenvalue weighted by atomic mass is 16.6. The van der Waals surface area contributed by atoms with Crippen molar-refractivity contribution >= 4 is 12.0 Å². The number of ether oxygens (including phenoxy) is 2. The molecule has 2 fully saturated rings. The normalized spacial score (nSPS) is 38.9. The van der Waals surface area contributed by atoms with Gasteiger partial charge in [-0.25, -0.2) is 9.59 Å². The summed E-state index contributed by atoms with van der Waals surface area (Å²) >= 11 is 0. The second kappa shape index (κ2) is 6.89. The van der Waals surface area contributed by atoms with Crippen molar-refractivity contribution in [2.45, 2.75) is 62.0 Å². The first kappa shape index (κ1) is 18.1. The molecule has 0 spiro atoms. The standard InChI is InChI=1S/C15H23N3O7/c16-15(13(22)24-8-3-1-2-4-8)5-6-18(14(23)17-15)12-11(21)10(20)9(7-19)25-12/h5-6,8-12,19-21H,1-4,7,16H2,(H,17,23)/t9-,10-,11-,12-,15?/m1/s1. The van der Waals surface area contributed by atoms with E-state index in [1.165, 1.54) is 12.3 Å². The molecule has 1 saturated heterocycles. The van der Waals surface area contributed by atoms with Crippen molar-refractivity contribution in [1.82, 2.24) is 10.2 Å². The monoisotopic (exact) mass is 357 g/mol. The topological polar surface area (TPSA) is 155 Å². The second-order valence-electron chi connectivity index (χ2n) is 6.56. The summed E-state index contributed by atoms with van der Waals surface area (Å²) in [5.74, 6) is -0.759. The van der Waals surface area contributed by atoms with Gasteiger partial charge in [0, 0.05) is 6.20 Å². The van der Waals surface area contributed by atoms with Gasteiger partial charge in [0.1, 0.15) is 24.4 Å². The van der Waals surface area contributed by atoms with Crippen LogP contribution in [-0.2, 0) is 14.3 Å². The predicted octanol–water partition coefficient (Wildman–Crippen LogP) is -1.89. The Hall–Kier alpha value is -1.72. The number of aliphatic hydroxyl groups is 3. The molecular formula is C15H23N3O7. The Morgan fingerprint density at radius 1 is 1.40 bits per heavy atom. The van der Waals surface area contributed by atoms with Crippen LogP contribution in [0.15, 0.2) is 12.3 Å². The van der Waals surface area contributed by atoms with Crippen LogP contribution in [0.1, 0.15) is 25.7 Å². The molecule has 0 aromatic heterocycles. The summed E-state index contributed by atoms with van der Waals surface area (Å²) in [5.41, 5.74) is 4.12. The van der Waals surface area contributed by atoms with Crippen LogP contribution in [-0.4, -0.2) is 75.1 Å². The van der Waals surface area contributed by atoms with Gasteiger partial charge in [0.2, 0.25) is 5.66 Å². The average Bonchev–Trinajstić information content (AvgIpc) is 3.17. The van der Waals surface area contributed by atoms with Crippen LogP contribution in [0.4, 0.5) is 4.79 Å². The number of nitrogens with one attached hydrogen (secondary N) is 1. The Kier molecular flexibility index (Phi) is 4.98. The third-order valence-electron chi connectivity index (χ3n) is 4.75. The first-order chi connectivity index (χ1) is 11.9. The van der Waals surface area contributed by atoms with E-state index in [-0.39, 0.29) is 6.10 Å². The Balaban J connectivity index is 1.69. The highest BCUT2D eigenvalue weighted by Crippen LogP contribution is 2.27. The van der Waals surface area contributed by atoms with Gasteiger partial charge in [-0.1, -0.05) is 0 Å². The number of nitrogens with two attached hydrogens (primary N) is 1. The third-order valence-corrected chi connectivity index (χ3v) is 4.75. The summed E-state index contributed by atoms with van der Waals surface area (Å²) in [7, 11) is 0. The van der Waals surface area contributed by atoms with E-state index in [4.69, 9.17) is 20.3 Å². The highest BCUT2D eigenvalue weighted by Gasteiger charge is 2.49. The van der Waals surface area contributed by atoms with Gasteiger partial charge in [0.05, 0.1) is 6.61 Å². The van der Waals surface area contributed by atoms with Gasteiger partial charge in [0.15, 0.2) is 6.23 Å². The third kappa shape index (κ3) is 3.35. The first-order valence-electron chi connectivity index (χ1n) is 8.28. The molecule has 10 heteroatoms. The van der Waals surface area contributed by atoms with Gasteiger partial charge >= 0.3 is 12.0 Å². The molecule has 6 N–H and O–H groups in total. The maximum absolute atomic E-state index is 12.3. The Bertz CT molecular complexity index is 565. The first-order valence-corrected chi connectivity index (χ1v) is 8.28. The molecular weight excluding hydrogens is 334 g/mol. The molecule has 1 saturated carbocycles. The van der Waals surface area contributed by atoms with Gasteiger partial charge in [-0.3, -0.25) is 10.6 Å². The van der Waals surface area contributed by atoms with E-state index >= 15 is 0 Å². The maximum Gasteiger partial charge on any atom is 0.351 e. The summed E-state index contributed by atoms with van der Waals surface area (Å²) in [6.45, 7) is -0.511. The number of hydrogen-bond acceptors (Lipinski definition) is 8. The fraction of sp³-hybridized carbons (Fsp3) is 0.733. The van der Waals surface area contributed by atoms with Crippen LogP contribution in [0.25, 0.3) is 0 Å². The number of urea groups is 1. The molecule has 3 rings (SSSR count). The summed E-state index contributed by atoms with van der Waals surface area (Å²) < 4.78 is 10.6. The fourth-order valence-corrected chi connectivity index (χ4v) is 3.23. The van der Waals surface area contributed by atoms with Crippen LogP contribution < -0.4 is 11.1 Å². The minimum atomic E-state index is -1.81. The molecule has 3 aliphatic rings. The number of aliphatic hydroxyl groups excluding tert-OH is 3. The van der Waals surface area contributed by atoms with Gasteiger partial charge in [-0.2, -0.15) is 0 Å². The lowest BCUT2D eigenvalue weighted by atomic mass is 10.1. The van der Waals surface area contributed by atoms with Gasteiger partial charge in [-0.05, 0) is 31.8 Å². The molecule has 1 aliphatic carbocycles. The number of hydrogen-bond donors (Lipinski definition) is 5. The molecule has 0 radical (unpaired) electrons. The molecule has 2 amide bonds. The molecule has 0 bridgehead atoms.